The van der Waals surface area contributed by atoms with Gasteiger partial charge in [-0.3, -0.25) is 9.78 Å². The first-order valence-electron chi connectivity index (χ1n) is 5.61. The monoisotopic (exact) mass is 304 g/mol. The van der Waals surface area contributed by atoms with Crippen LogP contribution in [-0.2, 0) is 11.2 Å². The molecule has 0 saturated carbocycles. The van der Waals surface area contributed by atoms with E-state index < -0.39 is 0 Å². The predicted octanol–water partition coefficient (Wildman–Crippen LogP) is 3.33. The number of nitrogens with one attached hydrogen (secondary N) is 1. The molecule has 1 aromatic carbocycles. The van der Waals surface area contributed by atoms with Crippen molar-refractivity contribution in [1.29, 1.82) is 0 Å². The third-order valence-electron chi connectivity index (χ3n) is 2.52. The van der Waals surface area contributed by atoms with Crippen molar-refractivity contribution in [2.75, 3.05) is 5.32 Å². The van der Waals surface area contributed by atoms with Crippen molar-refractivity contribution in [3.05, 3.63) is 58.3 Å². The van der Waals surface area contributed by atoms with E-state index in [1.54, 1.807) is 6.20 Å². The lowest BCUT2D eigenvalue weighted by atomic mass is 10.2. The minimum Gasteiger partial charge on any atom is -0.326 e. The van der Waals surface area contributed by atoms with Crippen LogP contribution in [0.2, 0.25) is 0 Å². The van der Waals surface area contributed by atoms with Crippen molar-refractivity contribution in [3.63, 3.8) is 0 Å². The average molecular weight is 305 g/mol. The van der Waals surface area contributed by atoms with E-state index in [0.29, 0.717) is 0 Å². The van der Waals surface area contributed by atoms with Gasteiger partial charge in [0.25, 0.3) is 0 Å². The number of benzene rings is 1. The van der Waals surface area contributed by atoms with Crippen LogP contribution < -0.4 is 5.32 Å². The van der Waals surface area contributed by atoms with Gasteiger partial charge in [-0.1, -0.05) is 28.1 Å². The molecule has 0 radical (unpaired) electrons. The molecule has 1 aromatic heterocycles. The Labute approximate surface area is 114 Å². The summed E-state index contributed by atoms with van der Waals surface area (Å²) in [7, 11) is 0. The summed E-state index contributed by atoms with van der Waals surface area (Å²) in [5.41, 5.74) is 2.69. The van der Waals surface area contributed by atoms with Crippen LogP contribution in [0.4, 0.5) is 5.69 Å². The highest BCUT2D eigenvalue weighted by Gasteiger charge is 2.05. The van der Waals surface area contributed by atoms with Gasteiger partial charge in [0.2, 0.25) is 5.91 Å². The van der Waals surface area contributed by atoms with Crippen molar-refractivity contribution >= 4 is 27.5 Å². The summed E-state index contributed by atoms with van der Waals surface area (Å²) in [5, 5.41) is 2.85. The molecular formula is C14H13BrN2O. The number of carbonyl (C=O) groups is 1. The van der Waals surface area contributed by atoms with Gasteiger partial charge in [-0.15, -0.1) is 0 Å². The first-order valence-corrected chi connectivity index (χ1v) is 6.40. The molecule has 0 fully saturated rings. The minimum absolute atomic E-state index is 0.0653. The van der Waals surface area contributed by atoms with Crippen molar-refractivity contribution in [2.24, 2.45) is 0 Å². The van der Waals surface area contributed by atoms with Gasteiger partial charge in [-0.05, 0) is 36.8 Å². The SMILES string of the molecule is Cc1ccc(NC(=O)Cc2ccccn2)cc1Br. The second-order valence-corrected chi connectivity index (χ2v) is 4.86. The Kier molecular flexibility index (Phi) is 4.10. The molecule has 0 atom stereocenters. The summed E-state index contributed by atoms with van der Waals surface area (Å²) < 4.78 is 0.984. The van der Waals surface area contributed by atoms with Gasteiger partial charge >= 0.3 is 0 Å². The third-order valence-corrected chi connectivity index (χ3v) is 3.38. The molecule has 3 nitrogen and oxygen atoms in total. The molecule has 1 amide bonds. The van der Waals surface area contributed by atoms with E-state index in [9.17, 15) is 4.79 Å². The van der Waals surface area contributed by atoms with Gasteiger partial charge in [0.05, 0.1) is 6.42 Å². The highest BCUT2D eigenvalue weighted by Crippen LogP contribution is 2.20. The molecule has 0 aliphatic rings. The van der Waals surface area contributed by atoms with Gasteiger partial charge in [-0.25, -0.2) is 0 Å². The first-order chi connectivity index (χ1) is 8.65. The fourth-order valence-corrected chi connectivity index (χ4v) is 1.92. The summed E-state index contributed by atoms with van der Waals surface area (Å²) >= 11 is 3.44. The van der Waals surface area contributed by atoms with Crippen LogP contribution in [0.5, 0.6) is 0 Å². The normalized spacial score (nSPS) is 10.1. The molecular weight excluding hydrogens is 292 g/mol. The van der Waals surface area contributed by atoms with E-state index >= 15 is 0 Å². The van der Waals surface area contributed by atoms with Crippen molar-refractivity contribution in [3.8, 4) is 0 Å². The van der Waals surface area contributed by atoms with E-state index in [1.807, 2.05) is 43.3 Å². The lowest BCUT2D eigenvalue weighted by molar-refractivity contribution is -0.115. The summed E-state index contributed by atoms with van der Waals surface area (Å²) in [6, 6.07) is 11.3. The van der Waals surface area contributed by atoms with Crippen molar-refractivity contribution in [1.82, 2.24) is 4.98 Å². The number of carbonyl (C=O) groups excluding carboxylic acids is 1. The van der Waals surface area contributed by atoms with E-state index in [1.165, 1.54) is 0 Å². The molecule has 4 heteroatoms. The number of hydrogen-bond acceptors (Lipinski definition) is 2. The molecule has 18 heavy (non-hydrogen) atoms. The number of pyridine rings is 1. The number of rotatable bonds is 3. The molecule has 0 aliphatic heterocycles. The largest absolute Gasteiger partial charge is 0.326 e. The highest BCUT2D eigenvalue weighted by molar-refractivity contribution is 9.10. The van der Waals surface area contributed by atoms with E-state index in [4.69, 9.17) is 0 Å². The Morgan fingerprint density at radius 1 is 1.33 bits per heavy atom. The second kappa shape index (κ2) is 5.78. The molecule has 0 spiro atoms. The van der Waals surface area contributed by atoms with Crippen LogP contribution >= 0.6 is 15.9 Å². The average Bonchev–Trinajstić information content (AvgIpc) is 2.35. The van der Waals surface area contributed by atoms with Crippen molar-refractivity contribution < 1.29 is 4.79 Å². The predicted molar refractivity (Wildman–Crippen MR) is 75.4 cm³/mol. The van der Waals surface area contributed by atoms with Gasteiger partial charge < -0.3 is 5.32 Å². The number of anilines is 1. The molecule has 0 unspecified atom stereocenters. The van der Waals surface area contributed by atoms with Crippen LogP contribution in [0.15, 0.2) is 47.1 Å². The molecule has 2 rings (SSSR count). The van der Waals surface area contributed by atoms with E-state index in [0.717, 1.165) is 21.4 Å². The summed E-state index contributed by atoms with van der Waals surface area (Å²) in [6.45, 7) is 2.00. The maximum Gasteiger partial charge on any atom is 0.230 e. The Morgan fingerprint density at radius 2 is 2.17 bits per heavy atom. The lowest BCUT2D eigenvalue weighted by Gasteiger charge is -2.06. The van der Waals surface area contributed by atoms with E-state index in [2.05, 4.69) is 26.2 Å². The maximum absolute atomic E-state index is 11.8. The lowest BCUT2D eigenvalue weighted by Crippen LogP contribution is -2.15. The summed E-state index contributed by atoms with van der Waals surface area (Å²) in [5.74, 6) is -0.0653. The zero-order valence-electron chi connectivity index (χ0n) is 9.98. The van der Waals surface area contributed by atoms with Crippen LogP contribution in [0, 0.1) is 6.92 Å². The quantitative estimate of drug-likeness (QED) is 0.945. The van der Waals surface area contributed by atoms with Gasteiger partial charge in [0.1, 0.15) is 0 Å². The number of hydrogen-bond donors (Lipinski definition) is 1. The van der Waals surface area contributed by atoms with Crippen LogP contribution in [0.25, 0.3) is 0 Å². The number of nitrogens with zero attached hydrogens (tertiary/aromatic N) is 1. The van der Waals surface area contributed by atoms with Crippen molar-refractivity contribution in [2.45, 2.75) is 13.3 Å². The molecule has 1 N–H and O–H groups in total. The standard InChI is InChI=1S/C14H13BrN2O/c1-10-5-6-12(8-13(10)15)17-14(18)9-11-4-2-3-7-16-11/h2-8H,9H2,1H3,(H,17,18). The number of amides is 1. The second-order valence-electron chi connectivity index (χ2n) is 4.01. The Bertz CT molecular complexity index is 555. The van der Waals surface area contributed by atoms with Gasteiger partial charge in [-0.2, -0.15) is 0 Å². The topological polar surface area (TPSA) is 42.0 Å². The van der Waals surface area contributed by atoms with Gasteiger partial charge in [0, 0.05) is 22.1 Å². The summed E-state index contributed by atoms with van der Waals surface area (Å²) in [4.78, 5) is 15.9. The maximum atomic E-state index is 11.8. The molecule has 2 aromatic rings. The smallest absolute Gasteiger partial charge is 0.230 e. The number of halogens is 1. The fourth-order valence-electron chi connectivity index (χ4n) is 1.54. The van der Waals surface area contributed by atoms with Crippen LogP contribution in [0.1, 0.15) is 11.3 Å². The Hall–Kier alpha value is -1.68. The molecule has 0 aliphatic carbocycles. The fraction of sp³-hybridized carbons (Fsp3) is 0.143. The Morgan fingerprint density at radius 3 is 2.83 bits per heavy atom. The van der Waals surface area contributed by atoms with Crippen LogP contribution in [-0.4, -0.2) is 10.9 Å². The van der Waals surface area contributed by atoms with Gasteiger partial charge in [0.15, 0.2) is 0 Å². The van der Waals surface area contributed by atoms with E-state index in [-0.39, 0.29) is 12.3 Å². The zero-order valence-corrected chi connectivity index (χ0v) is 11.6. The number of aromatic nitrogens is 1. The molecule has 1 heterocycles. The Balaban J connectivity index is 2.01. The zero-order chi connectivity index (χ0) is 13.0. The first kappa shape index (κ1) is 12.8. The van der Waals surface area contributed by atoms with Crippen LogP contribution in [0.3, 0.4) is 0 Å². The third kappa shape index (κ3) is 3.40. The molecule has 0 saturated heterocycles. The molecule has 92 valence electrons. The minimum atomic E-state index is -0.0653. The highest BCUT2D eigenvalue weighted by atomic mass is 79.9. The summed E-state index contributed by atoms with van der Waals surface area (Å²) in [6.07, 6.45) is 1.97. The molecule has 0 bridgehead atoms. The number of aryl methyl sites for hydroxylation is 1.